The Morgan fingerprint density at radius 1 is 1.21 bits per heavy atom. The Bertz CT molecular complexity index is 821. The van der Waals surface area contributed by atoms with Gasteiger partial charge in [0.1, 0.15) is 5.56 Å². The van der Waals surface area contributed by atoms with Crippen molar-refractivity contribution in [1.29, 1.82) is 0 Å². The zero-order chi connectivity index (χ0) is 17.5. The Morgan fingerprint density at radius 2 is 1.88 bits per heavy atom. The molecule has 2 heterocycles. The van der Waals surface area contributed by atoms with Crippen LogP contribution in [-0.2, 0) is 0 Å². The van der Waals surface area contributed by atoms with Crippen molar-refractivity contribution < 1.29 is 4.79 Å². The van der Waals surface area contributed by atoms with Gasteiger partial charge in [0, 0.05) is 24.7 Å². The van der Waals surface area contributed by atoms with Gasteiger partial charge in [0.15, 0.2) is 0 Å². The van der Waals surface area contributed by atoms with Crippen LogP contribution in [0.2, 0.25) is 0 Å². The number of benzene rings is 1. The van der Waals surface area contributed by atoms with Crippen LogP contribution in [0.25, 0.3) is 0 Å². The van der Waals surface area contributed by atoms with Crippen LogP contribution in [0, 0.1) is 19.3 Å². The first-order valence-electron chi connectivity index (χ1n) is 8.34. The lowest BCUT2D eigenvalue weighted by Crippen LogP contribution is -2.35. The third kappa shape index (κ3) is 2.88. The predicted octanol–water partition coefficient (Wildman–Crippen LogP) is 3.26. The third-order valence-electron chi connectivity index (χ3n) is 5.01. The van der Waals surface area contributed by atoms with Gasteiger partial charge in [-0.25, -0.2) is 0 Å². The molecule has 0 aliphatic carbocycles. The zero-order valence-corrected chi connectivity index (χ0v) is 14.7. The van der Waals surface area contributed by atoms with E-state index in [-0.39, 0.29) is 28.4 Å². The summed E-state index contributed by atoms with van der Waals surface area (Å²) < 4.78 is 0. The number of likely N-dealkylation sites (tertiary alicyclic amines) is 1. The van der Waals surface area contributed by atoms with Crippen LogP contribution < -0.4 is 5.56 Å². The van der Waals surface area contributed by atoms with Crippen LogP contribution in [0.4, 0.5) is 0 Å². The first-order valence-corrected chi connectivity index (χ1v) is 8.34. The number of nitrogens with zero attached hydrogens (tertiary/aromatic N) is 1. The number of carbonyl (C=O) groups is 1. The number of aryl methyl sites for hydroxylation is 2. The minimum Gasteiger partial charge on any atom is -0.337 e. The molecular formula is C20H24N2O2. The second kappa shape index (κ2) is 5.93. The molecule has 126 valence electrons. The summed E-state index contributed by atoms with van der Waals surface area (Å²) in [5, 5.41) is 0. The molecule has 1 atom stereocenters. The first kappa shape index (κ1) is 16.5. The SMILES string of the molecule is Cc1cc(C)c(C(=O)N2C[C@@H](c3ccccc3)C(C)(C)C2)c(=O)[nH]1. The fraction of sp³-hybridized carbons (Fsp3) is 0.400. The van der Waals surface area contributed by atoms with Crippen molar-refractivity contribution >= 4 is 5.91 Å². The van der Waals surface area contributed by atoms with E-state index in [1.165, 1.54) is 5.56 Å². The van der Waals surface area contributed by atoms with Gasteiger partial charge in [-0.05, 0) is 36.5 Å². The molecule has 0 saturated carbocycles. The summed E-state index contributed by atoms with van der Waals surface area (Å²) in [5.41, 5.74) is 2.71. The molecule has 3 rings (SSSR count). The maximum atomic E-state index is 13.0. The molecule has 1 aliphatic heterocycles. The van der Waals surface area contributed by atoms with E-state index in [4.69, 9.17) is 0 Å². The summed E-state index contributed by atoms with van der Waals surface area (Å²) in [4.78, 5) is 29.8. The second-order valence-electron chi connectivity index (χ2n) is 7.48. The number of H-pyrrole nitrogens is 1. The molecule has 1 fully saturated rings. The van der Waals surface area contributed by atoms with Crippen molar-refractivity contribution in [1.82, 2.24) is 9.88 Å². The number of carbonyl (C=O) groups excluding carboxylic acids is 1. The van der Waals surface area contributed by atoms with Crippen molar-refractivity contribution in [2.45, 2.75) is 33.6 Å². The van der Waals surface area contributed by atoms with Crippen molar-refractivity contribution in [3.63, 3.8) is 0 Å². The Balaban J connectivity index is 1.92. The number of hydrogen-bond acceptors (Lipinski definition) is 2. The molecule has 4 heteroatoms. The standard InChI is InChI=1S/C20H24N2O2/c1-13-10-14(2)21-18(23)17(13)19(24)22-11-16(20(3,4)12-22)15-8-6-5-7-9-15/h5-10,16H,11-12H2,1-4H3,(H,21,23)/t16-/m0/s1. The normalized spacial score (nSPS) is 19.5. The average Bonchev–Trinajstić information content (AvgIpc) is 2.82. The fourth-order valence-electron chi connectivity index (χ4n) is 3.81. The van der Waals surface area contributed by atoms with Crippen LogP contribution in [-0.4, -0.2) is 28.9 Å². The first-order chi connectivity index (χ1) is 11.3. The van der Waals surface area contributed by atoms with Gasteiger partial charge in [-0.2, -0.15) is 0 Å². The van der Waals surface area contributed by atoms with E-state index in [1.807, 2.05) is 43.0 Å². The highest BCUT2D eigenvalue weighted by molar-refractivity contribution is 5.95. The largest absolute Gasteiger partial charge is 0.337 e. The predicted molar refractivity (Wildman–Crippen MR) is 95.4 cm³/mol. The van der Waals surface area contributed by atoms with Crippen LogP contribution >= 0.6 is 0 Å². The van der Waals surface area contributed by atoms with Crippen LogP contribution in [0.1, 0.15) is 46.9 Å². The molecule has 24 heavy (non-hydrogen) atoms. The highest BCUT2D eigenvalue weighted by Crippen LogP contribution is 2.42. The van der Waals surface area contributed by atoms with E-state index >= 15 is 0 Å². The molecule has 1 aromatic carbocycles. The Hall–Kier alpha value is -2.36. The van der Waals surface area contributed by atoms with Crippen LogP contribution in [0.15, 0.2) is 41.2 Å². The summed E-state index contributed by atoms with van der Waals surface area (Å²) in [5.74, 6) is 0.104. The molecular weight excluding hydrogens is 300 g/mol. The van der Waals surface area contributed by atoms with Crippen molar-refractivity contribution in [3.8, 4) is 0 Å². The summed E-state index contributed by atoms with van der Waals surface area (Å²) in [6.45, 7) is 9.31. The van der Waals surface area contributed by atoms with Crippen molar-refractivity contribution in [2.75, 3.05) is 13.1 Å². The Kier molecular flexibility index (Phi) is 4.08. The number of hydrogen-bond donors (Lipinski definition) is 1. The topological polar surface area (TPSA) is 53.2 Å². The highest BCUT2D eigenvalue weighted by Gasteiger charge is 2.42. The third-order valence-corrected chi connectivity index (χ3v) is 5.01. The van der Waals surface area contributed by atoms with Crippen molar-refractivity contribution in [3.05, 3.63) is 69.1 Å². The maximum Gasteiger partial charge on any atom is 0.261 e. The van der Waals surface area contributed by atoms with Crippen molar-refractivity contribution in [2.24, 2.45) is 5.41 Å². The van der Waals surface area contributed by atoms with E-state index in [0.29, 0.717) is 13.1 Å². The van der Waals surface area contributed by atoms with E-state index in [1.54, 1.807) is 0 Å². The van der Waals surface area contributed by atoms with Gasteiger partial charge in [0.2, 0.25) is 0 Å². The summed E-state index contributed by atoms with van der Waals surface area (Å²) in [6.07, 6.45) is 0. The van der Waals surface area contributed by atoms with E-state index in [2.05, 4.69) is 31.0 Å². The monoisotopic (exact) mass is 324 g/mol. The van der Waals surface area contributed by atoms with Crippen LogP contribution in [0.5, 0.6) is 0 Å². The van der Waals surface area contributed by atoms with Crippen LogP contribution in [0.3, 0.4) is 0 Å². The molecule has 1 saturated heterocycles. The highest BCUT2D eigenvalue weighted by atomic mass is 16.2. The number of aromatic nitrogens is 1. The molecule has 2 aromatic rings. The summed E-state index contributed by atoms with van der Waals surface area (Å²) in [6, 6.07) is 12.2. The van der Waals surface area contributed by atoms with Gasteiger partial charge in [0.25, 0.3) is 11.5 Å². The molecule has 4 nitrogen and oxygen atoms in total. The Morgan fingerprint density at radius 3 is 2.50 bits per heavy atom. The molecule has 0 spiro atoms. The number of pyridine rings is 1. The van der Waals surface area contributed by atoms with E-state index in [0.717, 1.165) is 11.3 Å². The molecule has 0 bridgehead atoms. The van der Waals surface area contributed by atoms with E-state index in [9.17, 15) is 9.59 Å². The lowest BCUT2D eigenvalue weighted by Gasteiger charge is -2.25. The molecule has 1 amide bonds. The van der Waals surface area contributed by atoms with Gasteiger partial charge in [-0.1, -0.05) is 44.2 Å². The van der Waals surface area contributed by atoms with E-state index < -0.39 is 0 Å². The van der Waals surface area contributed by atoms with Gasteiger partial charge >= 0.3 is 0 Å². The second-order valence-corrected chi connectivity index (χ2v) is 7.48. The van der Waals surface area contributed by atoms with Gasteiger partial charge in [-0.3, -0.25) is 9.59 Å². The number of aromatic amines is 1. The Labute approximate surface area is 142 Å². The quantitative estimate of drug-likeness (QED) is 0.922. The molecule has 0 unspecified atom stereocenters. The average molecular weight is 324 g/mol. The lowest BCUT2D eigenvalue weighted by molar-refractivity contribution is 0.0775. The molecule has 1 N–H and O–H groups in total. The molecule has 1 aliphatic rings. The molecule has 0 radical (unpaired) electrons. The zero-order valence-electron chi connectivity index (χ0n) is 14.7. The number of nitrogens with one attached hydrogen (secondary N) is 1. The summed E-state index contributed by atoms with van der Waals surface area (Å²) in [7, 11) is 0. The fourth-order valence-corrected chi connectivity index (χ4v) is 3.81. The number of rotatable bonds is 2. The number of amides is 1. The smallest absolute Gasteiger partial charge is 0.261 e. The minimum absolute atomic E-state index is 0.0254. The van der Waals surface area contributed by atoms with Gasteiger partial charge < -0.3 is 9.88 Å². The maximum absolute atomic E-state index is 13.0. The molecule has 1 aromatic heterocycles. The summed E-state index contributed by atoms with van der Waals surface area (Å²) >= 11 is 0. The van der Waals surface area contributed by atoms with Gasteiger partial charge in [-0.15, -0.1) is 0 Å². The lowest BCUT2D eigenvalue weighted by atomic mass is 9.78. The minimum atomic E-state index is -0.293. The van der Waals surface area contributed by atoms with Gasteiger partial charge in [0.05, 0.1) is 0 Å².